The van der Waals surface area contributed by atoms with Gasteiger partial charge in [0, 0.05) is 6.42 Å². The number of hydrogen-bond donors (Lipinski definition) is 0. The third-order valence-electron chi connectivity index (χ3n) is 2.73. The lowest BCUT2D eigenvalue weighted by Gasteiger charge is -2.22. The molecule has 0 amide bonds. The predicted molar refractivity (Wildman–Crippen MR) is 65.2 cm³/mol. The highest BCUT2D eigenvalue weighted by Gasteiger charge is 2.33. The highest BCUT2D eigenvalue weighted by molar-refractivity contribution is 8.03. The van der Waals surface area contributed by atoms with Crippen LogP contribution >= 0.6 is 11.8 Å². The first-order valence-corrected chi connectivity index (χ1v) is 6.30. The van der Waals surface area contributed by atoms with E-state index in [1.807, 2.05) is 30.3 Å². The molecule has 0 bridgehead atoms. The van der Waals surface area contributed by atoms with Gasteiger partial charge in [-0.3, -0.25) is 4.79 Å². The molecule has 96 valence electrons. The van der Waals surface area contributed by atoms with Crippen molar-refractivity contribution in [3.63, 3.8) is 0 Å². The van der Waals surface area contributed by atoms with Gasteiger partial charge in [0.15, 0.2) is 5.78 Å². The Balaban J connectivity index is 2.15. The normalized spacial score (nSPS) is 20.7. The number of benzene rings is 1. The van der Waals surface area contributed by atoms with E-state index in [-0.39, 0.29) is 41.2 Å². The predicted octanol–water partition coefficient (Wildman–Crippen LogP) is 4.27. The number of carbonyl (C=O) groups excluding carboxylic acids is 1. The molecule has 0 N–H and O–H groups in total. The average molecular weight is 272 g/mol. The molecule has 18 heavy (non-hydrogen) atoms. The van der Waals surface area contributed by atoms with Crippen LogP contribution in [0.3, 0.4) is 0 Å². The summed E-state index contributed by atoms with van der Waals surface area (Å²) in [6, 6.07) is 9.19. The minimum atomic E-state index is -4.33. The first-order chi connectivity index (χ1) is 8.44. The van der Waals surface area contributed by atoms with Crippen LogP contribution in [-0.4, -0.2) is 11.3 Å². The molecule has 0 saturated heterocycles. The second kappa shape index (κ2) is 5.18. The maximum atomic E-state index is 12.3. The fourth-order valence-corrected chi connectivity index (χ4v) is 2.81. The molecule has 0 aliphatic heterocycles. The van der Waals surface area contributed by atoms with E-state index in [4.69, 9.17) is 0 Å². The van der Waals surface area contributed by atoms with Gasteiger partial charge < -0.3 is 0 Å². The van der Waals surface area contributed by atoms with E-state index in [1.54, 1.807) is 0 Å². The van der Waals surface area contributed by atoms with Crippen molar-refractivity contribution in [3.8, 4) is 0 Å². The zero-order valence-corrected chi connectivity index (χ0v) is 10.2. The monoisotopic (exact) mass is 272 g/mol. The highest BCUT2D eigenvalue weighted by atomic mass is 32.2. The van der Waals surface area contributed by atoms with Crippen molar-refractivity contribution in [2.45, 2.75) is 24.3 Å². The van der Waals surface area contributed by atoms with Gasteiger partial charge in [-0.2, -0.15) is 13.2 Å². The fourth-order valence-electron chi connectivity index (χ4n) is 2.04. The Hall–Kier alpha value is -1.23. The molecule has 0 aromatic heterocycles. The van der Waals surface area contributed by atoms with E-state index in [0.29, 0.717) is 0 Å². The Morgan fingerprint density at radius 2 is 1.78 bits per heavy atom. The van der Waals surface area contributed by atoms with Crippen LogP contribution in [0.25, 0.3) is 0 Å². The summed E-state index contributed by atoms with van der Waals surface area (Å²) in [5.41, 5.74) is -3.41. The van der Waals surface area contributed by atoms with Crippen molar-refractivity contribution < 1.29 is 18.0 Å². The summed E-state index contributed by atoms with van der Waals surface area (Å²) in [5, 5.41) is 0. The highest BCUT2D eigenvalue weighted by Crippen LogP contribution is 2.43. The summed E-state index contributed by atoms with van der Waals surface area (Å²) in [6.07, 6.45) is 1.68. The van der Waals surface area contributed by atoms with Crippen LogP contribution in [0.5, 0.6) is 0 Å². The van der Waals surface area contributed by atoms with Crippen LogP contribution < -0.4 is 0 Å². The molecule has 0 spiro atoms. The van der Waals surface area contributed by atoms with E-state index in [1.165, 1.54) is 0 Å². The number of halogens is 3. The topological polar surface area (TPSA) is 17.1 Å². The minimum Gasteiger partial charge on any atom is -0.295 e. The molecule has 1 aliphatic rings. The van der Waals surface area contributed by atoms with Crippen molar-refractivity contribution in [2.75, 3.05) is 0 Å². The molecule has 0 fully saturated rings. The van der Waals surface area contributed by atoms with Crippen molar-refractivity contribution >= 4 is 17.5 Å². The molecule has 1 atom stereocenters. The van der Waals surface area contributed by atoms with Gasteiger partial charge in [0.25, 0.3) is 0 Å². The van der Waals surface area contributed by atoms with E-state index >= 15 is 0 Å². The van der Waals surface area contributed by atoms with Gasteiger partial charge in [-0.05, 0) is 40.6 Å². The lowest BCUT2D eigenvalue weighted by atomic mass is 9.87. The number of alkyl halides is 3. The number of allylic oxidation sites excluding steroid dienone is 2. The van der Waals surface area contributed by atoms with Gasteiger partial charge in [-0.1, -0.05) is 30.3 Å². The minimum absolute atomic E-state index is 0.104. The Morgan fingerprint density at radius 1 is 1.11 bits per heavy atom. The van der Waals surface area contributed by atoms with Crippen LogP contribution in [0, 0.1) is 0 Å². The molecule has 1 aromatic rings. The van der Waals surface area contributed by atoms with E-state index in [0.717, 1.165) is 11.6 Å². The van der Waals surface area contributed by atoms with Crippen LogP contribution in [0.4, 0.5) is 13.2 Å². The lowest BCUT2D eigenvalue weighted by molar-refractivity contribution is -0.115. The molecule has 0 saturated carbocycles. The maximum absolute atomic E-state index is 12.3. The largest absolute Gasteiger partial charge is 0.446 e. The number of carbonyl (C=O) groups is 1. The summed E-state index contributed by atoms with van der Waals surface area (Å²) in [6.45, 7) is 0. The second-order valence-electron chi connectivity index (χ2n) is 4.14. The van der Waals surface area contributed by atoms with Crippen LogP contribution in [-0.2, 0) is 4.79 Å². The Bertz CT molecular complexity index is 465. The van der Waals surface area contributed by atoms with Crippen LogP contribution in [0.1, 0.15) is 24.3 Å². The maximum Gasteiger partial charge on any atom is 0.446 e. The molecule has 0 heterocycles. The Labute approximate surface area is 107 Å². The number of thioether (sulfide) groups is 1. The first-order valence-electron chi connectivity index (χ1n) is 5.48. The standard InChI is InChI=1S/C13H11F3OS/c14-13(15,16)18-12-7-10(6-11(17)8-12)9-4-2-1-3-5-9/h1-5,8,10H,6-7H2. The van der Waals surface area contributed by atoms with Crippen LogP contribution in [0.2, 0.25) is 0 Å². The zero-order chi connectivity index (χ0) is 13.2. The molecule has 5 heteroatoms. The molecule has 2 rings (SSSR count). The van der Waals surface area contributed by atoms with Gasteiger partial charge in [0.2, 0.25) is 0 Å². The van der Waals surface area contributed by atoms with Gasteiger partial charge in [-0.25, -0.2) is 0 Å². The summed E-state index contributed by atoms with van der Waals surface area (Å²) in [5.74, 6) is -0.379. The molecule has 1 nitrogen and oxygen atoms in total. The summed E-state index contributed by atoms with van der Waals surface area (Å²) in [4.78, 5) is 11.6. The molecular formula is C13H11F3OS. The Morgan fingerprint density at radius 3 is 2.39 bits per heavy atom. The Kier molecular flexibility index (Phi) is 3.80. The van der Waals surface area contributed by atoms with E-state index < -0.39 is 5.51 Å². The molecule has 0 radical (unpaired) electrons. The second-order valence-corrected chi connectivity index (χ2v) is 5.33. The van der Waals surface area contributed by atoms with Crippen LogP contribution in [0.15, 0.2) is 41.3 Å². The zero-order valence-electron chi connectivity index (χ0n) is 9.41. The average Bonchev–Trinajstić information content (AvgIpc) is 2.27. The number of rotatable bonds is 2. The van der Waals surface area contributed by atoms with E-state index in [2.05, 4.69) is 0 Å². The van der Waals surface area contributed by atoms with Gasteiger partial charge in [0.05, 0.1) is 0 Å². The van der Waals surface area contributed by atoms with Crippen molar-refractivity contribution in [3.05, 3.63) is 46.9 Å². The SMILES string of the molecule is O=C1C=C(SC(F)(F)F)CC(c2ccccc2)C1. The van der Waals surface area contributed by atoms with Crippen molar-refractivity contribution in [2.24, 2.45) is 0 Å². The van der Waals surface area contributed by atoms with Crippen molar-refractivity contribution in [1.29, 1.82) is 0 Å². The molecule has 1 unspecified atom stereocenters. The third kappa shape index (κ3) is 3.63. The molecule has 1 aromatic carbocycles. The summed E-state index contributed by atoms with van der Waals surface area (Å²) >= 11 is -0.180. The number of hydrogen-bond acceptors (Lipinski definition) is 2. The summed E-state index contributed by atoms with van der Waals surface area (Å²) in [7, 11) is 0. The lowest BCUT2D eigenvalue weighted by Crippen LogP contribution is -2.13. The number of ketones is 1. The quantitative estimate of drug-likeness (QED) is 0.799. The van der Waals surface area contributed by atoms with Gasteiger partial charge in [-0.15, -0.1) is 0 Å². The van der Waals surface area contributed by atoms with Crippen molar-refractivity contribution in [1.82, 2.24) is 0 Å². The smallest absolute Gasteiger partial charge is 0.295 e. The first kappa shape index (κ1) is 13.2. The molecular weight excluding hydrogens is 261 g/mol. The summed E-state index contributed by atoms with van der Waals surface area (Å²) < 4.78 is 36.9. The van der Waals surface area contributed by atoms with Gasteiger partial charge in [0.1, 0.15) is 0 Å². The fraction of sp³-hybridized carbons (Fsp3) is 0.308. The van der Waals surface area contributed by atoms with Gasteiger partial charge >= 0.3 is 5.51 Å². The van der Waals surface area contributed by atoms with E-state index in [9.17, 15) is 18.0 Å². The molecule has 1 aliphatic carbocycles. The third-order valence-corrected chi connectivity index (χ3v) is 3.51.